The molecule has 0 bridgehead atoms. The average Bonchev–Trinajstić information content (AvgIpc) is 0.800. The van der Waals surface area contributed by atoms with Gasteiger partial charge in [-0.05, 0) is 96.3 Å². The van der Waals surface area contributed by atoms with Crippen LogP contribution in [-0.2, 0) is 76.5 Å². The molecule has 0 radical (unpaired) electrons. The van der Waals surface area contributed by atoms with Crippen molar-refractivity contribution in [3.05, 3.63) is 53.6 Å². The van der Waals surface area contributed by atoms with E-state index in [1.807, 2.05) is 19.9 Å². The molecule has 19 N–H and O–H groups in total. The van der Waals surface area contributed by atoms with Gasteiger partial charge in [-0.3, -0.25) is 57.5 Å². The number of esters is 1. The number of nitrogens with one attached hydrogen (secondary N) is 10. The molecule has 0 saturated carbocycles. The van der Waals surface area contributed by atoms with Gasteiger partial charge in [-0.15, -0.1) is 0 Å². The van der Waals surface area contributed by atoms with E-state index in [1.54, 1.807) is 6.92 Å². The number of hydrogen-bond donors (Lipinski definition) is 17. The number of allylic oxidation sites excluding steroid dienone is 3. The maximum Gasteiger partial charge on any atom is 0.329 e. The van der Waals surface area contributed by atoms with Crippen molar-refractivity contribution in [1.29, 1.82) is 0 Å². The minimum Gasteiger partial charge on any atom is -0.508 e. The molecule has 12 amide bonds. The lowest BCUT2D eigenvalue weighted by atomic mass is 9.87. The second kappa shape index (κ2) is 39.2. The van der Waals surface area contributed by atoms with Crippen molar-refractivity contribution in [2.45, 2.75) is 205 Å². The number of aromatic hydroxyl groups is 1. The Hall–Kier alpha value is -8.67. The van der Waals surface area contributed by atoms with Crippen LogP contribution in [0.15, 0.2) is 48.1 Å². The number of ether oxygens (including phenoxy) is 3. The molecule has 0 aromatic heterocycles. The standard InChI is InChI=1S/C65H103N13O21/c1-15-31(4)26-32(5)19-24-43(82)65(12,96)64(95)69-28-45(84)72-48(37(10)79)59(90)74-47(35(8)66)58(89)73-46(33(6)34(7)54(67)85)57(88)76-50-52(30(2)3)99-63(94)42-18-16-17-25-78(42)62(93)51(53(98-14)39-20-22-40(81)23-21-39)77-60(91)49(38(11)80)75-55(86)36(9)70-44(83)27-68-56(87)41(29-97-13)71-61(50)92/h19-24,26,30-31,33-38,41-43,46-53,79-82,96H,15-18,25,27-29,66H2,1-14H3,(H2,67,85)(H,68,87)(H,69,95)(H,70,83)(H,71,92)(H,72,84)(H,73,89)(H,74,90)(H,75,86)(H,76,88)(H,77,91)/t31-,33+,34-,35+,36+,37-,38-,41-,42+,43+,46+,47+,48-,49-,50-,51?,52-,53-,65+/m1/s1. The molecule has 2 heterocycles. The Labute approximate surface area is 575 Å². The molecule has 2 fully saturated rings. The number of nitrogens with two attached hydrogens (primary N) is 2. The molecule has 2 saturated heterocycles. The SMILES string of the molecule is CC[C@@H](C)C=C(C)C=C[C@H](O)[C@](C)(O)C(=O)NCC(=O)N[C@@H](C(=O)N[C@H](C(=O)N[C@H](C(=O)N[C@H]1C(=O)N[C@H](COC)C(=O)NCC(=O)N[C@@H](C)C(=O)N[C@H]([C@@H](C)O)C(=O)NC([C@H](OC)c2ccc(O)cc2)C(=O)N2CCCC[C@H]2C(=O)O[C@@H]1C(C)C)[C@@H](C)[C@@H](C)C(N)=O)[C@H](C)N)[C@@H](C)O. The van der Waals surface area contributed by atoms with Gasteiger partial charge < -0.3 is 109 Å². The molecule has 1 unspecified atom stereocenters. The first kappa shape index (κ1) is 84.6. The topological polar surface area (TPSA) is 526 Å². The third-order valence-electron chi connectivity index (χ3n) is 17.1. The summed E-state index contributed by atoms with van der Waals surface area (Å²) in [5.74, 6) is -18.2. The van der Waals surface area contributed by atoms with Crippen LogP contribution in [0.5, 0.6) is 5.75 Å². The summed E-state index contributed by atoms with van der Waals surface area (Å²) >= 11 is 0. The van der Waals surface area contributed by atoms with Gasteiger partial charge in [-0.1, -0.05) is 83.9 Å². The van der Waals surface area contributed by atoms with Gasteiger partial charge in [0.05, 0.1) is 31.9 Å². The minimum atomic E-state index is -2.46. The van der Waals surface area contributed by atoms with Gasteiger partial charge in [-0.2, -0.15) is 0 Å². The molecule has 34 heteroatoms. The Morgan fingerprint density at radius 1 is 0.798 bits per heavy atom. The molecule has 554 valence electrons. The predicted octanol–water partition coefficient (Wildman–Crippen LogP) is -4.65. The van der Waals surface area contributed by atoms with E-state index in [4.69, 9.17) is 25.7 Å². The average molecular weight is 1400 g/mol. The van der Waals surface area contributed by atoms with Gasteiger partial charge in [0.25, 0.3) is 5.91 Å². The van der Waals surface area contributed by atoms with Gasteiger partial charge in [0.1, 0.15) is 78.4 Å². The fraction of sp³-hybridized carbons (Fsp3) is 0.646. The van der Waals surface area contributed by atoms with Crippen LogP contribution in [0, 0.1) is 23.7 Å². The van der Waals surface area contributed by atoms with Crippen molar-refractivity contribution in [2.24, 2.45) is 35.1 Å². The van der Waals surface area contributed by atoms with Crippen LogP contribution in [0.4, 0.5) is 0 Å². The molecule has 19 atom stereocenters. The zero-order chi connectivity index (χ0) is 75.1. The summed E-state index contributed by atoms with van der Waals surface area (Å²) in [6, 6.07) is -12.1. The molecule has 99 heavy (non-hydrogen) atoms. The van der Waals surface area contributed by atoms with E-state index in [0.29, 0.717) is 6.42 Å². The van der Waals surface area contributed by atoms with Crippen LogP contribution in [0.1, 0.15) is 120 Å². The van der Waals surface area contributed by atoms with Crippen LogP contribution < -0.4 is 64.6 Å². The number of aliphatic hydroxyl groups excluding tert-OH is 3. The summed E-state index contributed by atoms with van der Waals surface area (Å²) in [5.41, 5.74) is 10.5. The number of aliphatic hydroxyl groups is 4. The lowest BCUT2D eigenvalue weighted by molar-refractivity contribution is -0.168. The summed E-state index contributed by atoms with van der Waals surface area (Å²) in [6.45, 7) is 14.5. The Morgan fingerprint density at radius 2 is 1.40 bits per heavy atom. The maximum atomic E-state index is 15.3. The molecule has 3 rings (SSSR count). The number of fused-ring (bicyclic) bond motifs is 1. The summed E-state index contributed by atoms with van der Waals surface area (Å²) in [6.07, 6.45) is -2.34. The fourth-order valence-corrected chi connectivity index (χ4v) is 10.6. The van der Waals surface area contributed by atoms with Crippen LogP contribution in [0.25, 0.3) is 0 Å². The number of benzene rings is 1. The van der Waals surface area contributed by atoms with Crippen molar-refractivity contribution in [3.63, 3.8) is 0 Å². The summed E-state index contributed by atoms with van der Waals surface area (Å²) < 4.78 is 17.3. The third kappa shape index (κ3) is 24.6. The first-order valence-corrected chi connectivity index (χ1v) is 32.7. The maximum absolute atomic E-state index is 15.3. The minimum absolute atomic E-state index is 0.0933. The Balaban J connectivity index is 2.17. The van der Waals surface area contributed by atoms with E-state index in [-0.39, 0.29) is 36.6 Å². The number of hydrogen-bond acceptors (Lipinski definition) is 22. The summed E-state index contributed by atoms with van der Waals surface area (Å²) in [7, 11) is 2.36. The largest absolute Gasteiger partial charge is 0.508 e. The second-order valence-electron chi connectivity index (χ2n) is 25.8. The number of phenols is 1. The fourth-order valence-electron chi connectivity index (χ4n) is 10.6. The Bertz CT molecular complexity index is 3070. The first-order valence-electron chi connectivity index (χ1n) is 32.7. The molecular weight excluding hydrogens is 1300 g/mol. The highest BCUT2D eigenvalue weighted by Crippen LogP contribution is 2.29. The number of nitrogens with zero attached hydrogens (tertiary/aromatic N) is 1. The van der Waals surface area contributed by atoms with Gasteiger partial charge >= 0.3 is 5.97 Å². The highest BCUT2D eigenvalue weighted by molar-refractivity contribution is 6.00. The molecule has 34 nitrogen and oxygen atoms in total. The predicted molar refractivity (Wildman–Crippen MR) is 354 cm³/mol. The van der Waals surface area contributed by atoms with Crippen molar-refractivity contribution in [3.8, 4) is 5.75 Å². The highest BCUT2D eigenvalue weighted by atomic mass is 16.5. The van der Waals surface area contributed by atoms with Gasteiger partial charge in [0.15, 0.2) is 5.60 Å². The second-order valence-corrected chi connectivity index (χ2v) is 25.8. The van der Waals surface area contributed by atoms with Crippen molar-refractivity contribution in [2.75, 3.05) is 40.5 Å². The summed E-state index contributed by atoms with van der Waals surface area (Å²) in [5, 5.41) is 77.1. The zero-order valence-corrected chi connectivity index (χ0v) is 58.5. The molecule has 0 aliphatic carbocycles. The van der Waals surface area contributed by atoms with Crippen molar-refractivity contribution < 1.29 is 102 Å². The number of phenolic OH excluding ortho intramolecular Hbond substituents is 1. The first-order chi connectivity index (χ1) is 46.2. The monoisotopic (exact) mass is 1400 g/mol. The number of carbonyl (C=O) groups excluding carboxylic acids is 13. The van der Waals surface area contributed by atoms with Gasteiger partial charge in [0.2, 0.25) is 65.0 Å². The number of amides is 12. The molecule has 1 aromatic rings. The van der Waals surface area contributed by atoms with Crippen molar-refractivity contribution >= 4 is 76.9 Å². The van der Waals surface area contributed by atoms with Gasteiger partial charge in [-0.25, -0.2) is 4.79 Å². The molecule has 2 aliphatic rings. The normalized spacial score (nSPS) is 24.5. The number of carbonyl (C=O) groups is 13. The van der Waals surface area contributed by atoms with Crippen LogP contribution in [-0.4, -0.2) is 238 Å². The molecule has 0 spiro atoms. The zero-order valence-electron chi connectivity index (χ0n) is 58.5. The molecule has 1 aromatic carbocycles. The number of methoxy groups -OCH3 is 2. The third-order valence-corrected chi connectivity index (χ3v) is 17.1. The lowest BCUT2D eigenvalue weighted by Gasteiger charge is -2.40. The van der Waals surface area contributed by atoms with E-state index in [9.17, 15) is 68.7 Å². The van der Waals surface area contributed by atoms with Crippen LogP contribution in [0.3, 0.4) is 0 Å². The number of primary amides is 1. The lowest BCUT2D eigenvalue weighted by Crippen LogP contribution is -2.66. The number of piperidine rings is 1. The van der Waals surface area contributed by atoms with Crippen LogP contribution >= 0.6 is 0 Å². The van der Waals surface area contributed by atoms with E-state index >= 15 is 19.2 Å². The van der Waals surface area contributed by atoms with E-state index < -0.39 is 211 Å². The molecule has 2 aliphatic heterocycles. The highest BCUT2D eigenvalue weighted by Gasteiger charge is 2.47. The molecular formula is C65H103N13O21. The quantitative estimate of drug-likeness (QED) is 0.0291. The van der Waals surface area contributed by atoms with Gasteiger partial charge in [0, 0.05) is 32.7 Å². The van der Waals surface area contributed by atoms with E-state index in [1.165, 1.54) is 85.1 Å². The smallest absolute Gasteiger partial charge is 0.329 e. The Morgan fingerprint density at radius 3 is 1.96 bits per heavy atom. The van der Waals surface area contributed by atoms with Crippen molar-refractivity contribution in [1.82, 2.24) is 58.1 Å². The van der Waals surface area contributed by atoms with E-state index in [2.05, 4.69) is 53.2 Å². The Kier molecular flexibility index (Phi) is 33.5. The number of cyclic esters (lactones) is 1. The summed E-state index contributed by atoms with van der Waals surface area (Å²) in [4.78, 5) is 185. The van der Waals surface area contributed by atoms with E-state index in [0.717, 1.165) is 44.8 Å². The number of rotatable bonds is 27. The van der Waals surface area contributed by atoms with Crippen LogP contribution in [0.2, 0.25) is 0 Å².